The topological polar surface area (TPSA) is 59.3 Å². The molecule has 5 heteroatoms. The van der Waals surface area contributed by atoms with Crippen LogP contribution in [-0.2, 0) is 11.2 Å². The summed E-state index contributed by atoms with van der Waals surface area (Å²) < 4.78 is 1.91. The molecule has 2 aromatic heterocycles. The van der Waals surface area contributed by atoms with Crippen molar-refractivity contribution in [3.63, 3.8) is 0 Å². The Morgan fingerprint density at radius 1 is 1.28 bits per heavy atom. The molecule has 1 atom stereocenters. The number of nitrogens with one attached hydrogen (secondary N) is 1. The van der Waals surface area contributed by atoms with Crippen molar-refractivity contribution in [2.45, 2.75) is 59.4 Å². The SMILES string of the molecule is CCC[C@@H](C)NC(=O)CCc1c(C)nc2c3ccccc3nn2c1C. The number of nitrogens with zero attached hydrogens (tertiary/aromatic N) is 3. The van der Waals surface area contributed by atoms with Crippen LogP contribution in [0, 0.1) is 13.8 Å². The summed E-state index contributed by atoms with van der Waals surface area (Å²) in [6, 6.07) is 8.27. The summed E-state index contributed by atoms with van der Waals surface area (Å²) in [7, 11) is 0. The zero-order valence-electron chi connectivity index (χ0n) is 15.5. The molecular formula is C20H26N4O. The molecule has 0 aliphatic rings. The Hall–Kier alpha value is -2.43. The van der Waals surface area contributed by atoms with E-state index < -0.39 is 0 Å². The molecule has 0 aliphatic carbocycles. The van der Waals surface area contributed by atoms with Crippen LogP contribution >= 0.6 is 0 Å². The zero-order chi connectivity index (χ0) is 18.0. The Kier molecular flexibility index (Phi) is 5.02. The molecule has 132 valence electrons. The first-order valence-electron chi connectivity index (χ1n) is 9.04. The lowest BCUT2D eigenvalue weighted by Crippen LogP contribution is -2.32. The molecule has 0 saturated heterocycles. The highest BCUT2D eigenvalue weighted by atomic mass is 16.1. The highest BCUT2D eigenvalue weighted by molar-refractivity contribution is 5.92. The first-order valence-corrected chi connectivity index (χ1v) is 9.04. The number of rotatable bonds is 6. The van der Waals surface area contributed by atoms with E-state index in [4.69, 9.17) is 4.98 Å². The number of aryl methyl sites for hydroxylation is 2. The lowest BCUT2D eigenvalue weighted by Gasteiger charge is -2.14. The van der Waals surface area contributed by atoms with Gasteiger partial charge in [-0.3, -0.25) is 4.79 Å². The Bertz CT molecular complexity index is 913. The third-order valence-electron chi connectivity index (χ3n) is 4.75. The van der Waals surface area contributed by atoms with Crippen molar-refractivity contribution < 1.29 is 4.79 Å². The zero-order valence-corrected chi connectivity index (χ0v) is 15.5. The minimum atomic E-state index is 0.102. The van der Waals surface area contributed by atoms with Crippen molar-refractivity contribution in [2.24, 2.45) is 0 Å². The number of hydrogen-bond donors (Lipinski definition) is 1. The van der Waals surface area contributed by atoms with E-state index in [9.17, 15) is 4.79 Å². The Balaban J connectivity index is 1.84. The second kappa shape index (κ2) is 7.21. The van der Waals surface area contributed by atoms with E-state index in [1.807, 2.05) is 35.7 Å². The van der Waals surface area contributed by atoms with Crippen LogP contribution in [0.5, 0.6) is 0 Å². The fraction of sp³-hybridized carbons (Fsp3) is 0.450. The van der Waals surface area contributed by atoms with Crippen molar-refractivity contribution in [2.75, 3.05) is 0 Å². The molecule has 2 heterocycles. The van der Waals surface area contributed by atoms with Crippen LogP contribution in [0.3, 0.4) is 0 Å². The molecule has 0 aliphatic heterocycles. The molecule has 1 amide bonds. The summed E-state index contributed by atoms with van der Waals surface area (Å²) in [5, 5.41) is 8.80. The van der Waals surface area contributed by atoms with Gasteiger partial charge < -0.3 is 5.32 Å². The van der Waals surface area contributed by atoms with E-state index in [2.05, 4.69) is 31.2 Å². The smallest absolute Gasteiger partial charge is 0.220 e. The van der Waals surface area contributed by atoms with Crippen LogP contribution < -0.4 is 5.32 Å². The van der Waals surface area contributed by atoms with Crippen LogP contribution in [0.1, 0.15) is 50.1 Å². The second-order valence-corrected chi connectivity index (χ2v) is 6.77. The van der Waals surface area contributed by atoms with Gasteiger partial charge in [0.2, 0.25) is 5.91 Å². The van der Waals surface area contributed by atoms with Crippen molar-refractivity contribution in [1.82, 2.24) is 19.9 Å². The minimum absolute atomic E-state index is 0.102. The predicted octanol–water partition coefficient (Wildman–Crippen LogP) is 3.74. The standard InChI is InChI=1S/C20H26N4O/c1-5-8-13(2)21-19(25)12-11-16-14(3)22-20-17-9-6-7-10-18(17)23-24(20)15(16)4/h6-7,9-10,13H,5,8,11-12H2,1-4H3,(H,21,25)/t13-/m1/s1. The molecule has 0 fully saturated rings. The highest BCUT2D eigenvalue weighted by Gasteiger charge is 2.15. The lowest BCUT2D eigenvalue weighted by atomic mass is 10.1. The summed E-state index contributed by atoms with van der Waals surface area (Å²) in [4.78, 5) is 16.9. The molecule has 25 heavy (non-hydrogen) atoms. The van der Waals surface area contributed by atoms with Gasteiger partial charge in [0.05, 0.1) is 5.52 Å². The fourth-order valence-electron chi connectivity index (χ4n) is 3.43. The van der Waals surface area contributed by atoms with Gasteiger partial charge in [0, 0.05) is 29.2 Å². The van der Waals surface area contributed by atoms with Crippen LogP contribution in [0.15, 0.2) is 24.3 Å². The maximum atomic E-state index is 12.2. The third kappa shape index (κ3) is 3.50. The minimum Gasteiger partial charge on any atom is -0.354 e. The fourth-order valence-corrected chi connectivity index (χ4v) is 3.43. The van der Waals surface area contributed by atoms with Gasteiger partial charge in [0.1, 0.15) is 0 Å². The molecule has 0 radical (unpaired) electrons. The average Bonchev–Trinajstić information content (AvgIpc) is 2.94. The Morgan fingerprint density at radius 2 is 2.04 bits per heavy atom. The van der Waals surface area contributed by atoms with Gasteiger partial charge in [-0.05, 0) is 51.3 Å². The molecule has 0 bridgehead atoms. The van der Waals surface area contributed by atoms with Crippen LogP contribution in [0.4, 0.5) is 0 Å². The van der Waals surface area contributed by atoms with Crippen LogP contribution in [0.2, 0.25) is 0 Å². The lowest BCUT2D eigenvalue weighted by molar-refractivity contribution is -0.121. The van der Waals surface area contributed by atoms with Gasteiger partial charge in [-0.25, -0.2) is 9.50 Å². The van der Waals surface area contributed by atoms with Gasteiger partial charge in [0.15, 0.2) is 5.65 Å². The maximum Gasteiger partial charge on any atom is 0.220 e. The molecule has 1 aromatic carbocycles. The first-order chi connectivity index (χ1) is 12.0. The number of hydrogen-bond acceptors (Lipinski definition) is 3. The maximum absolute atomic E-state index is 12.2. The van der Waals surface area contributed by atoms with Crippen LogP contribution in [0.25, 0.3) is 16.6 Å². The Morgan fingerprint density at radius 3 is 2.80 bits per heavy atom. The van der Waals surface area contributed by atoms with Crippen molar-refractivity contribution >= 4 is 22.5 Å². The first kappa shape index (κ1) is 17.4. The number of carbonyl (C=O) groups excluding carboxylic acids is 1. The van der Waals surface area contributed by atoms with Crippen LogP contribution in [-0.4, -0.2) is 26.5 Å². The molecule has 3 aromatic rings. The van der Waals surface area contributed by atoms with Gasteiger partial charge in [-0.1, -0.05) is 25.5 Å². The summed E-state index contributed by atoms with van der Waals surface area (Å²) >= 11 is 0. The van der Waals surface area contributed by atoms with E-state index in [-0.39, 0.29) is 11.9 Å². The van der Waals surface area contributed by atoms with Gasteiger partial charge in [-0.15, -0.1) is 0 Å². The van der Waals surface area contributed by atoms with E-state index in [0.29, 0.717) is 12.8 Å². The van der Waals surface area contributed by atoms with E-state index >= 15 is 0 Å². The number of fused-ring (bicyclic) bond motifs is 3. The largest absolute Gasteiger partial charge is 0.354 e. The normalized spacial score (nSPS) is 12.6. The molecule has 0 saturated carbocycles. The van der Waals surface area contributed by atoms with E-state index in [0.717, 1.165) is 46.3 Å². The number of aromatic nitrogens is 3. The third-order valence-corrected chi connectivity index (χ3v) is 4.75. The van der Waals surface area contributed by atoms with Gasteiger partial charge in [0.25, 0.3) is 0 Å². The molecule has 3 rings (SSSR count). The molecule has 1 N–H and O–H groups in total. The predicted molar refractivity (Wildman–Crippen MR) is 101 cm³/mol. The number of benzene rings is 1. The monoisotopic (exact) mass is 338 g/mol. The van der Waals surface area contributed by atoms with Crippen molar-refractivity contribution in [3.05, 3.63) is 41.2 Å². The van der Waals surface area contributed by atoms with E-state index in [1.165, 1.54) is 0 Å². The van der Waals surface area contributed by atoms with Crippen molar-refractivity contribution in [3.8, 4) is 0 Å². The Labute approximate surface area is 148 Å². The number of carbonyl (C=O) groups is 1. The summed E-state index contributed by atoms with van der Waals surface area (Å²) in [6.45, 7) is 8.26. The molecule has 5 nitrogen and oxygen atoms in total. The summed E-state index contributed by atoms with van der Waals surface area (Å²) in [6.07, 6.45) is 3.25. The second-order valence-electron chi connectivity index (χ2n) is 6.77. The van der Waals surface area contributed by atoms with Gasteiger partial charge in [-0.2, -0.15) is 5.10 Å². The molecule has 0 unspecified atom stereocenters. The summed E-state index contributed by atoms with van der Waals surface area (Å²) in [5.41, 5.74) is 4.98. The highest BCUT2D eigenvalue weighted by Crippen LogP contribution is 2.22. The van der Waals surface area contributed by atoms with Gasteiger partial charge >= 0.3 is 0 Å². The van der Waals surface area contributed by atoms with Crippen molar-refractivity contribution in [1.29, 1.82) is 0 Å². The average molecular weight is 338 g/mol. The quantitative estimate of drug-likeness (QED) is 0.745. The molecular weight excluding hydrogens is 312 g/mol. The van der Waals surface area contributed by atoms with E-state index in [1.54, 1.807) is 0 Å². The number of amides is 1. The summed E-state index contributed by atoms with van der Waals surface area (Å²) in [5.74, 6) is 0.102. The molecule has 0 spiro atoms.